The summed E-state index contributed by atoms with van der Waals surface area (Å²) in [6.07, 6.45) is 11.4. The molecule has 0 heterocycles. The second kappa shape index (κ2) is 7.08. The molecule has 0 aromatic rings. The van der Waals surface area contributed by atoms with Crippen LogP contribution in [0.25, 0.3) is 0 Å². The van der Waals surface area contributed by atoms with Crippen LogP contribution < -0.4 is 0 Å². The Hall–Kier alpha value is -1.06. The first kappa shape index (κ1) is 19.3. The van der Waals surface area contributed by atoms with Crippen LogP contribution >= 0.6 is 0 Å². The summed E-state index contributed by atoms with van der Waals surface area (Å²) in [5.74, 6) is 3.81. The predicted octanol–water partition coefficient (Wildman–Crippen LogP) is 5.67. The highest BCUT2D eigenvalue weighted by molar-refractivity contribution is 5.90. The highest BCUT2D eigenvalue weighted by Gasteiger charge is 2.62. The van der Waals surface area contributed by atoms with E-state index in [1.165, 1.54) is 49.9 Å². The van der Waals surface area contributed by atoms with Gasteiger partial charge in [-0.3, -0.25) is 0 Å². The lowest BCUT2D eigenvalue weighted by Crippen LogP contribution is -2.57. The normalized spacial score (nSPS) is 49.4. The molecule has 0 aromatic heterocycles. The fraction of sp³-hybridized carbons (Fsp3) is 0.913. The third-order valence-electron chi connectivity index (χ3n) is 9.32. The molecule has 0 amide bonds. The van der Waals surface area contributed by atoms with Crippen LogP contribution in [0, 0.1) is 40.4 Å². The molecular formula is C23H38N2O2. The van der Waals surface area contributed by atoms with E-state index >= 15 is 0 Å². The molecule has 4 aliphatic rings. The van der Waals surface area contributed by atoms with Gasteiger partial charge in [0, 0.05) is 5.92 Å². The van der Waals surface area contributed by atoms with Crippen molar-refractivity contribution in [3.63, 3.8) is 0 Å². The van der Waals surface area contributed by atoms with Crippen molar-refractivity contribution in [3.8, 4) is 0 Å². The summed E-state index contributed by atoms with van der Waals surface area (Å²) < 4.78 is 0. The predicted molar refractivity (Wildman–Crippen MR) is 110 cm³/mol. The number of fused-ring (bicyclic) bond motifs is 5. The Balaban J connectivity index is 1.70. The number of hydrogen-bond donors (Lipinski definition) is 0. The van der Waals surface area contributed by atoms with Crippen molar-refractivity contribution in [1.29, 1.82) is 0 Å². The maximum atomic E-state index is 5.42. The maximum absolute atomic E-state index is 5.42. The molecule has 0 spiro atoms. The van der Waals surface area contributed by atoms with Crippen molar-refractivity contribution in [1.82, 2.24) is 0 Å². The highest BCUT2D eigenvalue weighted by Crippen LogP contribution is 2.66. The average molecular weight is 375 g/mol. The largest absolute Gasteiger partial charge is 0.399 e. The van der Waals surface area contributed by atoms with E-state index < -0.39 is 0 Å². The van der Waals surface area contributed by atoms with Crippen molar-refractivity contribution < 1.29 is 9.68 Å². The first-order valence-corrected chi connectivity index (χ1v) is 11.2. The van der Waals surface area contributed by atoms with Gasteiger partial charge >= 0.3 is 0 Å². The minimum Gasteiger partial charge on any atom is -0.399 e. The van der Waals surface area contributed by atoms with Crippen molar-refractivity contribution in [2.75, 3.05) is 14.2 Å². The van der Waals surface area contributed by atoms with Gasteiger partial charge in [0.05, 0.1) is 11.4 Å². The summed E-state index contributed by atoms with van der Waals surface area (Å²) in [5.41, 5.74) is 3.39. The average Bonchev–Trinajstić information content (AvgIpc) is 2.98. The molecule has 0 aromatic carbocycles. The first-order valence-electron chi connectivity index (χ1n) is 11.2. The van der Waals surface area contributed by atoms with Crippen molar-refractivity contribution >= 4 is 11.4 Å². The molecule has 0 N–H and O–H groups in total. The Morgan fingerprint density at radius 2 is 1.78 bits per heavy atom. The summed E-state index contributed by atoms with van der Waals surface area (Å²) in [5, 5.41) is 9.01. The minimum atomic E-state index is 0.332. The zero-order valence-electron chi connectivity index (χ0n) is 18.0. The van der Waals surface area contributed by atoms with Crippen LogP contribution in [0.2, 0.25) is 0 Å². The summed E-state index contributed by atoms with van der Waals surface area (Å²) in [6, 6.07) is 0. The molecule has 3 unspecified atom stereocenters. The third-order valence-corrected chi connectivity index (χ3v) is 9.32. The summed E-state index contributed by atoms with van der Waals surface area (Å²) in [4.78, 5) is 10.5. The molecule has 27 heavy (non-hydrogen) atoms. The standard InChI is InChI=1S/C23H38N2O2/c1-6-15-8-10-19-18-9-7-16-13-17(24-26-4)11-12-22(16,2)21(18)20(25-27-5)14-23(15,19)3/h15-16,18-19,21H,6-14H2,1-5H3/t15-,16+,18?,19?,21?,22-,23+/m0/s1. The smallest absolute Gasteiger partial charge is 0.106 e. The molecular weight excluding hydrogens is 336 g/mol. The van der Waals surface area contributed by atoms with Gasteiger partial charge in [0.2, 0.25) is 0 Å². The van der Waals surface area contributed by atoms with Crippen molar-refractivity contribution in [2.24, 2.45) is 50.7 Å². The lowest BCUT2D eigenvalue weighted by molar-refractivity contribution is -0.0478. The summed E-state index contributed by atoms with van der Waals surface area (Å²) in [7, 11) is 3.41. The minimum absolute atomic E-state index is 0.332. The zero-order chi connectivity index (χ0) is 19.2. The second-order valence-corrected chi connectivity index (χ2v) is 10.2. The van der Waals surface area contributed by atoms with Gasteiger partial charge in [0.1, 0.15) is 14.2 Å². The lowest BCUT2D eigenvalue weighted by atomic mass is 9.44. The fourth-order valence-corrected chi connectivity index (χ4v) is 8.10. The molecule has 0 aliphatic heterocycles. The molecule has 4 nitrogen and oxygen atoms in total. The molecule has 0 radical (unpaired) electrons. The zero-order valence-corrected chi connectivity index (χ0v) is 18.0. The Morgan fingerprint density at radius 1 is 1.00 bits per heavy atom. The van der Waals surface area contributed by atoms with Crippen LogP contribution in [0.1, 0.15) is 78.6 Å². The topological polar surface area (TPSA) is 43.2 Å². The molecule has 4 aliphatic carbocycles. The molecule has 4 fully saturated rings. The monoisotopic (exact) mass is 374 g/mol. The van der Waals surface area contributed by atoms with Crippen LogP contribution in [0.4, 0.5) is 0 Å². The number of oxime groups is 2. The Morgan fingerprint density at radius 3 is 2.48 bits per heavy atom. The van der Waals surface area contributed by atoms with E-state index in [-0.39, 0.29) is 0 Å². The Bertz CT molecular complexity index is 630. The highest BCUT2D eigenvalue weighted by atomic mass is 16.6. The van der Waals surface area contributed by atoms with Gasteiger partial charge in [0.25, 0.3) is 0 Å². The van der Waals surface area contributed by atoms with Crippen LogP contribution in [0.3, 0.4) is 0 Å². The molecule has 0 bridgehead atoms. The number of nitrogens with zero attached hydrogens (tertiary/aromatic N) is 2. The molecule has 7 atom stereocenters. The summed E-state index contributed by atoms with van der Waals surface area (Å²) in [6.45, 7) is 7.50. The van der Waals surface area contributed by atoms with Gasteiger partial charge in [-0.2, -0.15) is 0 Å². The van der Waals surface area contributed by atoms with E-state index in [4.69, 9.17) is 14.8 Å². The fourth-order valence-electron chi connectivity index (χ4n) is 8.10. The van der Waals surface area contributed by atoms with Crippen LogP contribution in [-0.2, 0) is 9.68 Å². The van der Waals surface area contributed by atoms with E-state index in [0.717, 1.165) is 37.0 Å². The molecule has 0 saturated heterocycles. The second-order valence-electron chi connectivity index (χ2n) is 10.2. The van der Waals surface area contributed by atoms with E-state index in [1.54, 1.807) is 14.2 Å². The van der Waals surface area contributed by atoms with Gasteiger partial charge in [-0.05, 0) is 85.9 Å². The Labute approximate surface area is 165 Å². The quantitative estimate of drug-likeness (QED) is 0.597. The first-order chi connectivity index (χ1) is 13.0. The van der Waals surface area contributed by atoms with E-state index in [2.05, 4.69) is 25.9 Å². The molecule has 4 saturated carbocycles. The molecule has 152 valence electrons. The van der Waals surface area contributed by atoms with Crippen LogP contribution in [-0.4, -0.2) is 25.6 Å². The molecule has 4 heteroatoms. The van der Waals surface area contributed by atoms with E-state index in [9.17, 15) is 0 Å². The van der Waals surface area contributed by atoms with Crippen molar-refractivity contribution in [2.45, 2.75) is 78.6 Å². The third kappa shape index (κ3) is 2.84. The van der Waals surface area contributed by atoms with Gasteiger partial charge in [-0.15, -0.1) is 0 Å². The van der Waals surface area contributed by atoms with Gasteiger partial charge in [-0.1, -0.05) is 37.5 Å². The van der Waals surface area contributed by atoms with Gasteiger partial charge < -0.3 is 9.68 Å². The van der Waals surface area contributed by atoms with Crippen LogP contribution in [0.15, 0.2) is 10.3 Å². The maximum Gasteiger partial charge on any atom is 0.106 e. The summed E-state index contributed by atoms with van der Waals surface area (Å²) >= 11 is 0. The lowest BCUT2D eigenvalue weighted by Gasteiger charge is -2.60. The van der Waals surface area contributed by atoms with Crippen molar-refractivity contribution in [3.05, 3.63) is 0 Å². The van der Waals surface area contributed by atoms with E-state index in [0.29, 0.717) is 22.7 Å². The van der Waals surface area contributed by atoms with E-state index in [1.807, 2.05) is 0 Å². The van der Waals surface area contributed by atoms with Gasteiger partial charge in [0.15, 0.2) is 0 Å². The van der Waals surface area contributed by atoms with Gasteiger partial charge in [-0.25, -0.2) is 0 Å². The SMILES string of the molecule is CC[C@H]1CCC2C3CC[C@@H]4CC(=NOC)CC[C@]4(C)C3C(=NOC)C[C@@]21C. The molecule has 4 rings (SSSR count). The van der Waals surface area contributed by atoms with Crippen LogP contribution in [0.5, 0.6) is 0 Å². The number of rotatable bonds is 3. The number of hydrogen-bond acceptors (Lipinski definition) is 4. The Kier molecular flexibility index (Phi) is 5.05.